The van der Waals surface area contributed by atoms with Crippen molar-refractivity contribution in [1.29, 1.82) is 0 Å². The highest BCUT2D eigenvalue weighted by Gasteiger charge is 2.06. The summed E-state index contributed by atoms with van der Waals surface area (Å²) in [5, 5.41) is 3.22. The summed E-state index contributed by atoms with van der Waals surface area (Å²) in [4.78, 5) is 13.5. The van der Waals surface area contributed by atoms with E-state index in [1.807, 2.05) is 14.1 Å². The number of hydrogen-bond donors (Lipinski definition) is 1. The number of anilines is 1. The average molecular weight is 250 g/mol. The highest BCUT2D eigenvalue weighted by molar-refractivity contribution is 6.31. The van der Waals surface area contributed by atoms with Gasteiger partial charge in [0.25, 0.3) is 0 Å². The standard InChI is InChI=1S/C8H13Cl2N5/c1-5(15(2)3)4-11-8-13-6(9)12-7(10)14-8/h5H,4H2,1-3H3,(H,11,12,13,14). The van der Waals surface area contributed by atoms with Crippen molar-refractivity contribution in [2.75, 3.05) is 26.0 Å². The lowest BCUT2D eigenvalue weighted by Crippen LogP contribution is -2.31. The van der Waals surface area contributed by atoms with Crippen molar-refractivity contribution in [2.45, 2.75) is 13.0 Å². The van der Waals surface area contributed by atoms with Crippen LogP contribution in [0.15, 0.2) is 0 Å². The van der Waals surface area contributed by atoms with Crippen molar-refractivity contribution >= 4 is 29.2 Å². The second-order valence-electron chi connectivity index (χ2n) is 3.39. The lowest BCUT2D eigenvalue weighted by atomic mass is 10.3. The molecule has 5 nitrogen and oxygen atoms in total. The van der Waals surface area contributed by atoms with Crippen LogP contribution in [0.5, 0.6) is 0 Å². The van der Waals surface area contributed by atoms with Gasteiger partial charge >= 0.3 is 0 Å². The lowest BCUT2D eigenvalue weighted by Gasteiger charge is -2.19. The van der Waals surface area contributed by atoms with E-state index in [0.717, 1.165) is 0 Å². The molecular formula is C8H13Cl2N5. The van der Waals surface area contributed by atoms with Crippen molar-refractivity contribution in [1.82, 2.24) is 19.9 Å². The minimum atomic E-state index is 0.0926. The molecule has 0 aliphatic rings. The van der Waals surface area contributed by atoms with Crippen LogP contribution in [0.3, 0.4) is 0 Å². The normalized spacial score (nSPS) is 12.9. The summed E-state index contributed by atoms with van der Waals surface area (Å²) in [7, 11) is 4.00. The fraction of sp³-hybridized carbons (Fsp3) is 0.625. The summed E-state index contributed by atoms with van der Waals surface area (Å²) in [6.45, 7) is 2.79. The van der Waals surface area contributed by atoms with E-state index in [4.69, 9.17) is 23.2 Å². The number of aromatic nitrogens is 3. The third-order valence-electron chi connectivity index (χ3n) is 2.02. The van der Waals surface area contributed by atoms with Gasteiger partial charge in [-0.2, -0.15) is 15.0 Å². The van der Waals surface area contributed by atoms with Crippen molar-refractivity contribution in [2.24, 2.45) is 0 Å². The maximum absolute atomic E-state index is 5.63. The molecule has 1 rings (SSSR count). The second-order valence-corrected chi connectivity index (χ2v) is 4.07. The summed E-state index contributed by atoms with van der Waals surface area (Å²) >= 11 is 11.3. The van der Waals surface area contributed by atoms with Crippen LogP contribution >= 0.6 is 23.2 Å². The fourth-order valence-corrected chi connectivity index (χ4v) is 1.19. The van der Waals surface area contributed by atoms with Gasteiger partial charge in [-0.3, -0.25) is 0 Å². The number of halogens is 2. The molecule has 0 aliphatic carbocycles. The number of rotatable bonds is 4. The molecule has 1 atom stereocenters. The van der Waals surface area contributed by atoms with Crippen LogP contribution in [0.25, 0.3) is 0 Å². The van der Waals surface area contributed by atoms with Gasteiger partial charge in [0.2, 0.25) is 16.5 Å². The molecule has 0 aliphatic heterocycles. The highest BCUT2D eigenvalue weighted by Crippen LogP contribution is 2.09. The van der Waals surface area contributed by atoms with E-state index < -0.39 is 0 Å². The summed E-state index contributed by atoms with van der Waals surface area (Å²) in [6.07, 6.45) is 0. The molecule has 0 spiro atoms. The summed E-state index contributed by atoms with van der Waals surface area (Å²) < 4.78 is 0. The quantitative estimate of drug-likeness (QED) is 0.878. The molecule has 15 heavy (non-hydrogen) atoms. The maximum atomic E-state index is 5.63. The van der Waals surface area contributed by atoms with Crippen LogP contribution in [0.1, 0.15) is 6.92 Å². The Balaban J connectivity index is 2.57. The Hall–Kier alpha value is -0.650. The molecule has 7 heteroatoms. The number of likely N-dealkylation sites (N-methyl/N-ethyl adjacent to an activating group) is 1. The van der Waals surface area contributed by atoms with Gasteiger partial charge in [-0.15, -0.1) is 0 Å². The SMILES string of the molecule is CC(CNc1nc(Cl)nc(Cl)n1)N(C)C. The van der Waals surface area contributed by atoms with Crippen molar-refractivity contribution < 1.29 is 0 Å². The smallest absolute Gasteiger partial charge is 0.228 e. The van der Waals surface area contributed by atoms with E-state index in [1.165, 1.54) is 0 Å². The first-order valence-electron chi connectivity index (χ1n) is 4.46. The van der Waals surface area contributed by atoms with Gasteiger partial charge in [0.05, 0.1) is 0 Å². The zero-order chi connectivity index (χ0) is 11.4. The zero-order valence-electron chi connectivity index (χ0n) is 8.83. The number of nitrogens with zero attached hydrogens (tertiary/aromatic N) is 4. The molecule has 1 aromatic rings. The molecule has 0 saturated heterocycles. The molecular weight excluding hydrogens is 237 g/mol. The van der Waals surface area contributed by atoms with Gasteiger partial charge in [-0.1, -0.05) is 0 Å². The molecule has 0 bridgehead atoms. The topological polar surface area (TPSA) is 53.9 Å². The minimum absolute atomic E-state index is 0.0926. The number of nitrogens with one attached hydrogen (secondary N) is 1. The van der Waals surface area contributed by atoms with E-state index in [2.05, 4.69) is 32.1 Å². The third kappa shape index (κ3) is 4.15. The number of hydrogen-bond acceptors (Lipinski definition) is 5. The van der Waals surface area contributed by atoms with Crippen molar-refractivity contribution in [3.05, 3.63) is 10.6 Å². The largest absolute Gasteiger partial charge is 0.352 e. The molecule has 0 amide bonds. The zero-order valence-corrected chi connectivity index (χ0v) is 10.3. The average Bonchev–Trinajstić information content (AvgIpc) is 2.12. The van der Waals surface area contributed by atoms with Gasteiger partial charge in [0, 0.05) is 12.6 Å². The Kier molecular flexibility index (Phi) is 4.50. The molecule has 84 valence electrons. The van der Waals surface area contributed by atoms with E-state index in [0.29, 0.717) is 18.5 Å². The Morgan fingerprint density at radius 2 is 1.73 bits per heavy atom. The van der Waals surface area contributed by atoms with Gasteiger partial charge in [0.1, 0.15) is 0 Å². The molecule has 0 aromatic carbocycles. The van der Waals surface area contributed by atoms with E-state index in [9.17, 15) is 0 Å². The van der Waals surface area contributed by atoms with Crippen LogP contribution in [-0.4, -0.2) is 46.5 Å². The van der Waals surface area contributed by atoms with E-state index in [-0.39, 0.29) is 10.6 Å². The van der Waals surface area contributed by atoms with Crippen LogP contribution < -0.4 is 5.32 Å². The van der Waals surface area contributed by atoms with Crippen molar-refractivity contribution in [3.8, 4) is 0 Å². The Bertz CT molecular complexity index is 311. The first-order chi connectivity index (χ1) is 6.99. The summed E-state index contributed by atoms with van der Waals surface area (Å²) in [6, 6.07) is 0.360. The highest BCUT2D eigenvalue weighted by atomic mass is 35.5. The minimum Gasteiger partial charge on any atom is -0.352 e. The molecule has 0 saturated carbocycles. The van der Waals surface area contributed by atoms with E-state index in [1.54, 1.807) is 0 Å². The van der Waals surface area contributed by atoms with Gasteiger partial charge in [-0.05, 0) is 44.2 Å². The predicted octanol–water partition coefficient (Wildman–Crippen LogP) is 1.54. The van der Waals surface area contributed by atoms with Crippen LogP contribution in [0, 0.1) is 0 Å². The lowest BCUT2D eigenvalue weighted by molar-refractivity contribution is 0.325. The Morgan fingerprint density at radius 3 is 2.20 bits per heavy atom. The van der Waals surface area contributed by atoms with E-state index >= 15 is 0 Å². The Labute approximate surface area is 98.8 Å². The molecule has 0 radical (unpaired) electrons. The first kappa shape index (κ1) is 12.4. The van der Waals surface area contributed by atoms with Gasteiger partial charge in [0.15, 0.2) is 0 Å². The monoisotopic (exact) mass is 249 g/mol. The summed E-state index contributed by atoms with van der Waals surface area (Å²) in [5.74, 6) is 0.397. The van der Waals surface area contributed by atoms with Crippen LogP contribution in [0.4, 0.5) is 5.95 Å². The Morgan fingerprint density at radius 1 is 1.20 bits per heavy atom. The third-order valence-corrected chi connectivity index (χ3v) is 2.36. The second kappa shape index (κ2) is 5.44. The molecule has 0 fully saturated rings. The van der Waals surface area contributed by atoms with Crippen LogP contribution in [0.2, 0.25) is 10.6 Å². The summed E-state index contributed by atoms with van der Waals surface area (Å²) in [5.41, 5.74) is 0. The first-order valence-corrected chi connectivity index (χ1v) is 5.22. The molecule has 1 unspecified atom stereocenters. The van der Waals surface area contributed by atoms with Crippen LogP contribution in [-0.2, 0) is 0 Å². The van der Waals surface area contributed by atoms with Crippen molar-refractivity contribution in [3.63, 3.8) is 0 Å². The molecule has 1 heterocycles. The van der Waals surface area contributed by atoms with Gasteiger partial charge in [-0.25, -0.2) is 0 Å². The maximum Gasteiger partial charge on any atom is 0.228 e. The molecule has 1 N–H and O–H groups in total. The van der Waals surface area contributed by atoms with Gasteiger partial charge < -0.3 is 10.2 Å². The predicted molar refractivity (Wildman–Crippen MR) is 61.5 cm³/mol. The molecule has 1 aromatic heterocycles. The fourth-order valence-electron chi connectivity index (χ4n) is 0.827.